The van der Waals surface area contributed by atoms with Gasteiger partial charge in [-0.1, -0.05) is 0 Å². The number of rotatable bonds is 3. The van der Waals surface area contributed by atoms with E-state index in [2.05, 4.69) is 5.32 Å². The molecule has 1 saturated carbocycles. The van der Waals surface area contributed by atoms with Crippen molar-refractivity contribution in [3.63, 3.8) is 0 Å². The van der Waals surface area contributed by atoms with Crippen LogP contribution in [0.1, 0.15) is 46.5 Å². The minimum Gasteiger partial charge on any atom is -0.465 e. The molecular weight excluding hydrogens is 222 g/mol. The molecule has 0 atom stereocenters. The fraction of sp³-hybridized carbons (Fsp3) is 0.833. The Hall–Kier alpha value is -1.26. The fourth-order valence-electron chi connectivity index (χ4n) is 1.90. The molecule has 0 aromatic rings. The lowest BCUT2D eigenvalue weighted by Crippen LogP contribution is -2.41. The Bertz CT molecular complexity index is 264. The van der Waals surface area contributed by atoms with Crippen molar-refractivity contribution in [3.8, 4) is 0 Å². The van der Waals surface area contributed by atoms with Gasteiger partial charge in [0.25, 0.3) is 6.47 Å². The molecule has 0 aliphatic heterocycles. The van der Waals surface area contributed by atoms with Crippen LogP contribution in [0.3, 0.4) is 0 Å². The fourth-order valence-corrected chi connectivity index (χ4v) is 1.90. The third-order valence-electron chi connectivity index (χ3n) is 2.64. The third-order valence-corrected chi connectivity index (χ3v) is 2.64. The molecule has 0 bridgehead atoms. The van der Waals surface area contributed by atoms with Crippen molar-refractivity contribution >= 4 is 12.6 Å². The second kappa shape index (κ2) is 5.89. The number of alkyl carbamates (subject to hydrolysis) is 1. The van der Waals surface area contributed by atoms with Crippen LogP contribution in [-0.4, -0.2) is 30.3 Å². The number of nitrogens with one attached hydrogen (secondary N) is 1. The number of hydrogen-bond donors (Lipinski definition) is 1. The second-order valence-electron chi connectivity index (χ2n) is 5.35. The Morgan fingerprint density at radius 3 is 2.29 bits per heavy atom. The van der Waals surface area contributed by atoms with Crippen molar-refractivity contribution in [2.45, 2.75) is 64.2 Å². The van der Waals surface area contributed by atoms with Crippen LogP contribution in [0.15, 0.2) is 0 Å². The number of ether oxygens (including phenoxy) is 2. The molecule has 1 amide bonds. The van der Waals surface area contributed by atoms with E-state index in [4.69, 9.17) is 9.47 Å². The average molecular weight is 243 g/mol. The summed E-state index contributed by atoms with van der Waals surface area (Å²) in [6, 6.07) is 0.122. The smallest absolute Gasteiger partial charge is 0.407 e. The van der Waals surface area contributed by atoms with Crippen LogP contribution in [0.25, 0.3) is 0 Å². The minimum atomic E-state index is -0.470. The van der Waals surface area contributed by atoms with Crippen LogP contribution in [0.4, 0.5) is 4.79 Å². The van der Waals surface area contributed by atoms with Gasteiger partial charge in [-0.2, -0.15) is 0 Å². The highest BCUT2D eigenvalue weighted by Crippen LogP contribution is 2.21. The molecule has 5 nitrogen and oxygen atoms in total. The number of amides is 1. The van der Waals surface area contributed by atoms with Gasteiger partial charge in [0.2, 0.25) is 0 Å². The van der Waals surface area contributed by atoms with Gasteiger partial charge in [0.05, 0.1) is 0 Å². The number of carbonyl (C=O) groups excluding carboxylic acids is 2. The van der Waals surface area contributed by atoms with Gasteiger partial charge in [0, 0.05) is 6.04 Å². The molecule has 17 heavy (non-hydrogen) atoms. The first-order valence-corrected chi connectivity index (χ1v) is 5.99. The molecule has 0 aromatic heterocycles. The summed E-state index contributed by atoms with van der Waals surface area (Å²) in [5.41, 5.74) is -0.470. The highest BCUT2D eigenvalue weighted by molar-refractivity contribution is 5.68. The monoisotopic (exact) mass is 243 g/mol. The lowest BCUT2D eigenvalue weighted by molar-refractivity contribution is -0.135. The summed E-state index contributed by atoms with van der Waals surface area (Å²) < 4.78 is 10.1. The van der Waals surface area contributed by atoms with E-state index in [1.165, 1.54) is 0 Å². The summed E-state index contributed by atoms with van der Waals surface area (Å²) in [4.78, 5) is 21.7. The molecule has 0 saturated heterocycles. The van der Waals surface area contributed by atoms with Gasteiger partial charge in [-0.3, -0.25) is 4.79 Å². The van der Waals surface area contributed by atoms with Crippen molar-refractivity contribution in [3.05, 3.63) is 0 Å². The summed E-state index contributed by atoms with van der Waals surface area (Å²) in [6.45, 7) is 6.00. The van der Waals surface area contributed by atoms with E-state index in [1.807, 2.05) is 20.8 Å². The molecule has 1 N–H and O–H groups in total. The van der Waals surface area contributed by atoms with E-state index in [0.29, 0.717) is 6.47 Å². The lowest BCUT2D eigenvalue weighted by Gasteiger charge is -2.29. The zero-order valence-corrected chi connectivity index (χ0v) is 10.7. The van der Waals surface area contributed by atoms with E-state index >= 15 is 0 Å². The third kappa shape index (κ3) is 5.56. The first-order chi connectivity index (χ1) is 7.90. The second-order valence-corrected chi connectivity index (χ2v) is 5.35. The van der Waals surface area contributed by atoms with Gasteiger partial charge in [-0.05, 0) is 46.5 Å². The van der Waals surface area contributed by atoms with Crippen LogP contribution in [0.5, 0.6) is 0 Å². The molecule has 0 radical (unpaired) electrons. The van der Waals surface area contributed by atoms with Crippen molar-refractivity contribution in [1.29, 1.82) is 0 Å². The van der Waals surface area contributed by atoms with Crippen LogP contribution < -0.4 is 5.32 Å². The summed E-state index contributed by atoms with van der Waals surface area (Å²) in [7, 11) is 0. The molecule has 0 unspecified atom stereocenters. The van der Waals surface area contributed by atoms with Crippen LogP contribution in [-0.2, 0) is 14.3 Å². The van der Waals surface area contributed by atoms with Gasteiger partial charge in [-0.25, -0.2) is 4.79 Å². The quantitative estimate of drug-likeness (QED) is 0.770. The average Bonchev–Trinajstić information content (AvgIpc) is 2.18. The van der Waals surface area contributed by atoms with Crippen LogP contribution in [0, 0.1) is 0 Å². The molecule has 98 valence electrons. The topological polar surface area (TPSA) is 64.6 Å². The van der Waals surface area contributed by atoms with Gasteiger partial charge in [-0.15, -0.1) is 0 Å². The minimum absolute atomic E-state index is 0.00388. The Morgan fingerprint density at radius 1 is 1.24 bits per heavy atom. The van der Waals surface area contributed by atoms with E-state index in [0.717, 1.165) is 25.7 Å². The summed E-state index contributed by atoms with van der Waals surface area (Å²) in [6.07, 6.45) is 2.84. The highest BCUT2D eigenvalue weighted by atomic mass is 16.6. The van der Waals surface area contributed by atoms with E-state index in [-0.39, 0.29) is 18.2 Å². The largest absolute Gasteiger partial charge is 0.465 e. The predicted octanol–water partition coefficient (Wildman–Crippen LogP) is 2.00. The van der Waals surface area contributed by atoms with Crippen molar-refractivity contribution in [2.24, 2.45) is 0 Å². The van der Waals surface area contributed by atoms with Gasteiger partial charge < -0.3 is 14.8 Å². The van der Waals surface area contributed by atoms with E-state index in [9.17, 15) is 9.59 Å². The first kappa shape index (κ1) is 13.8. The lowest BCUT2D eigenvalue weighted by atomic mass is 9.93. The Labute approximate surface area is 102 Å². The van der Waals surface area contributed by atoms with E-state index < -0.39 is 5.60 Å². The summed E-state index contributed by atoms with van der Waals surface area (Å²) >= 11 is 0. The molecule has 1 aliphatic carbocycles. The van der Waals surface area contributed by atoms with Crippen LogP contribution in [0.2, 0.25) is 0 Å². The van der Waals surface area contributed by atoms with Crippen LogP contribution >= 0.6 is 0 Å². The van der Waals surface area contributed by atoms with Crippen molar-refractivity contribution in [1.82, 2.24) is 5.32 Å². The SMILES string of the molecule is CC(C)(C)OC(=O)NC1CCC(OC=O)CC1. The Morgan fingerprint density at radius 2 is 1.82 bits per heavy atom. The van der Waals surface area contributed by atoms with Gasteiger partial charge in [0.15, 0.2) is 0 Å². The van der Waals surface area contributed by atoms with Crippen molar-refractivity contribution < 1.29 is 19.1 Å². The molecule has 0 spiro atoms. The summed E-state index contributed by atoms with van der Waals surface area (Å²) in [5.74, 6) is 0. The zero-order valence-electron chi connectivity index (χ0n) is 10.7. The molecule has 1 rings (SSSR count). The van der Waals surface area contributed by atoms with Gasteiger partial charge in [0.1, 0.15) is 11.7 Å². The number of hydrogen-bond acceptors (Lipinski definition) is 4. The first-order valence-electron chi connectivity index (χ1n) is 5.99. The zero-order chi connectivity index (χ0) is 12.9. The standard InChI is InChI=1S/C12H21NO4/c1-12(2,3)17-11(15)13-9-4-6-10(7-5-9)16-8-14/h8-10H,4-7H2,1-3H3,(H,13,15). The molecule has 0 aromatic carbocycles. The Kier molecular flexibility index (Phi) is 4.78. The normalized spacial score (nSPS) is 24.9. The van der Waals surface area contributed by atoms with Crippen molar-refractivity contribution in [2.75, 3.05) is 0 Å². The summed E-state index contributed by atoms with van der Waals surface area (Å²) in [5, 5.41) is 2.83. The van der Waals surface area contributed by atoms with E-state index in [1.54, 1.807) is 0 Å². The maximum absolute atomic E-state index is 11.5. The molecular formula is C12H21NO4. The molecule has 1 aliphatic rings. The molecule has 0 heterocycles. The number of carbonyl (C=O) groups is 2. The Balaban J connectivity index is 2.26. The maximum Gasteiger partial charge on any atom is 0.407 e. The predicted molar refractivity (Wildman–Crippen MR) is 62.6 cm³/mol. The molecule has 5 heteroatoms. The van der Waals surface area contributed by atoms with Gasteiger partial charge >= 0.3 is 6.09 Å². The molecule has 1 fully saturated rings. The maximum atomic E-state index is 11.5. The highest BCUT2D eigenvalue weighted by Gasteiger charge is 2.25.